The Kier molecular flexibility index (Phi) is 4.64. The number of carbonyl (C=O) groups excluding carboxylic acids is 1. The van der Waals surface area contributed by atoms with Crippen LogP contribution in [-0.2, 0) is 9.47 Å². The minimum atomic E-state index is -0.344. The molecule has 1 N–H and O–H groups in total. The van der Waals surface area contributed by atoms with E-state index in [1.165, 1.54) is 7.11 Å². The van der Waals surface area contributed by atoms with Gasteiger partial charge in [0.05, 0.1) is 24.8 Å². The largest absolute Gasteiger partial charge is 0.465 e. The van der Waals surface area contributed by atoms with Crippen molar-refractivity contribution in [1.29, 1.82) is 0 Å². The summed E-state index contributed by atoms with van der Waals surface area (Å²) in [6, 6.07) is 9.11. The van der Waals surface area contributed by atoms with Gasteiger partial charge in [0.15, 0.2) is 0 Å². The van der Waals surface area contributed by atoms with E-state index in [0.29, 0.717) is 11.1 Å². The number of ether oxygens (including phenoxy) is 2. The Balaban J connectivity index is 1.76. The quantitative estimate of drug-likeness (QED) is 0.768. The van der Waals surface area contributed by atoms with E-state index in [1.807, 2.05) is 25.1 Å². The molecule has 2 aromatic carbocycles. The van der Waals surface area contributed by atoms with E-state index in [1.54, 1.807) is 19.1 Å². The maximum atomic E-state index is 14.2. The van der Waals surface area contributed by atoms with Gasteiger partial charge in [0.25, 0.3) is 0 Å². The summed E-state index contributed by atoms with van der Waals surface area (Å²) in [5.74, 6) is -0.297. The summed E-state index contributed by atoms with van der Waals surface area (Å²) in [7, 11) is 1.38. The molecule has 4 rings (SSSR count). The third-order valence-corrected chi connectivity index (χ3v) is 5.77. The van der Waals surface area contributed by atoms with Gasteiger partial charge in [0.1, 0.15) is 5.82 Å². The highest BCUT2D eigenvalue weighted by Crippen LogP contribution is 2.50. The fraction of sp³-hybridized carbons (Fsp3) is 0.409. The molecule has 0 unspecified atom stereocenters. The summed E-state index contributed by atoms with van der Waals surface area (Å²) in [6.45, 7) is 4.51. The van der Waals surface area contributed by atoms with Crippen LogP contribution in [0.5, 0.6) is 0 Å². The van der Waals surface area contributed by atoms with Gasteiger partial charge >= 0.3 is 5.97 Å². The van der Waals surface area contributed by atoms with Crippen LogP contribution < -0.4 is 5.32 Å². The average Bonchev–Trinajstić information content (AvgIpc) is 2.68. The molecule has 2 aromatic rings. The molecule has 1 fully saturated rings. The molecule has 0 bridgehead atoms. The molecular weight excluding hydrogens is 345 g/mol. The van der Waals surface area contributed by atoms with E-state index in [0.717, 1.165) is 41.8 Å². The van der Waals surface area contributed by atoms with E-state index < -0.39 is 0 Å². The number of halogens is 1. The Bertz CT molecular complexity index is 895. The lowest BCUT2D eigenvalue weighted by molar-refractivity contribution is -0.0382. The van der Waals surface area contributed by atoms with Gasteiger partial charge in [-0.05, 0) is 67.6 Å². The standard InChI is InChI=1S/C22H24FNO3/c1-12-9-14(22(25)26-3)6-7-15(12)20-16-5-4-8-27-21(16)17-10-13(2)18(23)11-19(17)24-20/h6-7,9-11,16,20-21,24H,4-5,8H2,1-3H3/t16-,20-,21-/m1/s1. The summed E-state index contributed by atoms with van der Waals surface area (Å²) in [5, 5.41) is 3.55. The Labute approximate surface area is 158 Å². The van der Waals surface area contributed by atoms with Crippen molar-refractivity contribution in [1.82, 2.24) is 0 Å². The van der Waals surface area contributed by atoms with Crippen LogP contribution in [0.1, 0.15) is 57.6 Å². The van der Waals surface area contributed by atoms with E-state index in [-0.39, 0.29) is 29.9 Å². The van der Waals surface area contributed by atoms with E-state index in [4.69, 9.17) is 9.47 Å². The predicted molar refractivity (Wildman–Crippen MR) is 101 cm³/mol. The van der Waals surface area contributed by atoms with Gasteiger partial charge in [-0.3, -0.25) is 0 Å². The molecule has 3 atom stereocenters. The van der Waals surface area contributed by atoms with Gasteiger partial charge in [-0.15, -0.1) is 0 Å². The molecule has 27 heavy (non-hydrogen) atoms. The van der Waals surface area contributed by atoms with Crippen LogP contribution in [0.4, 0.5) is 10.1 Å². The SMILES string of the molecule is COC(=O)c1ccc([C@H]2Nc3cc(F)c(C)cc3[C@@H]3OCCC[C@H]23)c(C)c1. The smallest absolute Gasteiger partial charge is 0.337 e. The average molecular weight is 369 g/mol. The first-order valence-electron chi connectivity index (χ1n) is 9.36. The summed E-state index contributed by atoms with van der Waals surface area (Å²) in [6.07, 6.45) is 2.00. The minimum absolute atomic E-state index is 0.0107. The second-order valence-electron chi connectivity index (χ2n) is 7.47. The van der Waals surface area contributed by atoms with Crippen LogP contribution in [0.3, 0.4) is 0 Å². The van der Waals surface area contributed by atoms with Crippen molar-refractivity contribution >= 4 is 11.7 Å². The second-order valence-corrected chi connectivity index (χ2v) is 7.47. The number of hydrogen-bond donors (Lipinski definition) is 1. The zero-order valence-corrected chi connectivity index (χ0v) is 15.8. The van der Waals surface area contributed by atoms with E-state index in [2.05, 4.69) is 5.32 Å². The number of rotatable bonds is 2. The first kappa shape index (κ1) is 18.0. The molecule has 0 spiro atoms. The van der Waals surface area contributed by atoms with Crippen molar-refractivity contribution < 1.29 is 18.7 Å². The van der Waals surface area contributed by atoms with Crippen LogP contribution in [0.2, 0.25) is 0 Å². The highest BCUT2D eigenvalue weighted by Gasteiger charge is 2.40. The van der Waals surface area contributed by atoms with Crippen molar-refractivity contribution in [3.63, 3.8) is 0 Å². The third-order valence-electron chi connectivity index (χ3n) is 5.77. The van der Waals surface area contributed by atoms with Crippen LogP contribution in [0, 0.1) is 25.6 Å². The van der Waals surface area contributed by atoms with Crippen molar-refractivity contribution in [3.05, 3.63) is 64.0 Å². The summed E-state index contributed by atoms with van der Waals surface area (Å²) in [4.78, 5) is 11.8. The maximum absolute atomic E-state index is 14.2. The molecule has 0 saturated carbocycles. The topological polar surface area (TPSA) is 47.6 Å². The molecule has 0 aliphatic carbocycles. The van der Waals surface area contributed by atoms with Crippen LogP contribution in [0.15, 0.2) is 30.3 Å². The highest BCUT2D eigenvalue weighted by atomic mass is 19.1. The molecule has 2 aliphatic heterocycles. The number of aryl methyl sites for hydroxylation is 2. The van der Waals surface area contributed by atoms with Crippen LogP contribution in [0.25, 0.3) is 0 Å². The number of carbonyl (C=O) groups is 1. The van der Waals surface area contributed by atoms with Crippen molar-refractivity contribution in [3.8, 4) is 0 Å². The van der Waals surface area contributed by atoms with Crippen molar-refractivity contribution in [2.45, 2.75) is 38.8 Å². The van der Waals surface area contributed by atoms with Gasteiger partial charge in [-0.2, -0.15) is 0 Å². The Hall–Kier alpha value is -2.40. The molecule has 0 amide bonds. The predicted octanol–water partition coefficient (Wildman–Crippen LogP) is 4.86. The second kappa shape index (κ2) is 6.97. The van der Waals surface area contributed by atoms with Gasteiger partial charge in [-0.25, -0.2) is 9.18 Å². The molecule has 1 saturated heterocycles. The number of methoxy groups -OCH3 is 1. The molecule has 2 aliphatic rings. The normalized spacial score (nSPS) is 23.8. The van der Waals surface area contributed by atoms with Crippen molar-refractivity contribution in [2.75, 3.05) is 19.0 Å². The van der Waals surface area contributed by atoms with Gasteiger partial charge < -0.3 is 14.8 Å². The Morgan fingerprint density at radius 2 is 2.00 bits per heavy atom. The zero-order valence-electron chi connectivity index (χ0n) is 15.8. The fourth-order valence-corrected chi connectivity index (χ4v) is 4.38. The number of esters is 1. The fourth-order valence-electron chi connectivity index (χ4n) is 4.38. The van der Waals surface area contributed by atoms with E-state index >= 15 is 0 Å². The molecule has 0 aromatic heterocycles. The molecule has 5 heteroatoms. The van der Waals surface area contributed by atoms with Crippen molar-refractivity contribution in [2.24, 2.45) is 5.92 Å². The minimum Gasteiger partial charge on any atom is -0.465 e. The number of benzene rings is 2. The number of hydrogen-bond acceptors (Lipinski definition) is 4. The number of anilines is 1. The van der Waals surface area contributed by atoms with Gasteiger partial charge in [0.2, 0.25) is 0 Å². The number of nitrogens with one attached hydrogen (secondary N) is 1. The van der Waals surface area contributed by atoms with E-state index in [9.17, 15) is 9.18 Å². The lowest BCUT2D eigenvalue weighted by atomic mass is 9.76. The monoisotopic (exact) mass is 369 g/mol. The Morgan fingerprint density at radius 1 is 1.19 bits per heavy atom. The highest BCUT2D eigenvalue weighted by molar-refractivity contribution is 5.89. The molecule has 2 heterocycles. The lowest BCUT2D eigenvalue weighted by Gasteiger charge is -2.44. The summed E-state index contributed by atoms with van der Waals surface area (Å²) < 4.78 is 25.1. The zero-order chi connectivity index (χ0) is 19.1. The Morgan fingerprint density at radius 3 is 2.74 bits per heavy atom. The van der Waals surface area contributed by atoms with Gasteiger partial charge in [-0.1, -0.05) is 6.07 Å². The first-order valence-corrected chi connectivity index (χ1v) is 9.36. The maximum Gasteiger partial charge on any atom is 0.337 e. The molecule has 142 valence electrons. The first-order chi connectivity index (χ1) is 13.0. The van der Waals surface area contributed by atoms with Crippen LogP contribution in [-0.4, -0.2) is 19.7 Å². The molecular formula is C22H24FNO3. The summed E-state index contributed by atoms with van der Waals surface area (Å²) in [5.41, 5.74) is 5.13. The number of fused-ring (bicyclic) bond motifs is 3. The molecule has 0 radical (unpaired) electrons. The van der Waals surface area contributed by atoms with Gasteiger partial charge in [0, 0.05) is 23.8 Å². The summed E-state index contributed by atoms with van der Waals surface area (Å²) >= 11 is 0. The molecule has 4 nitrogen and oxygen atoms in total. The van der Waals surface area contributed by atoms with Crippen LogP contribution >= 0.6 is 0 Å². The lowest BCUT2D eigenvalue weighted by Crippen LogP contribution is -2.36. The third kappa shape index (κ3) is 3.10.